The molecule has 0 spiro atoms. The molecule has 1 saturated heterocycles. The van der Waals surface area contributed by atoms with E-state index in [1.807, 2.05) is 72.5 Å². The van der Waals surface area contributed by atoms with E-state index in [4.69, 9.17) is 0 Å². The van der Waals surface area contributed by atoms with Crippen molar-refractivity contribution in [3.8, 4) is 6.07 Å². The number of aliphatic hydroxyl groups excluding tert-OH is 1. The van der Waals surface area contributed by atoms with Gasteiger partial charge in [0.05, 0.1) is 23.6 Å². The van der Waals surface area contributed by atoms with E-state index in [1.54, 1.807) is 24.3 Å². The first-order valence-corrected chi connectivity index (χ1v) is 12.3. The fourth-order valence-corrected chi connectivity index (χ4v) is 5.86. The van der Waals surface area contributed by atoms with Crippen molar-refractivity contribution in [1.82, 2.24) is 9.21 Å². The van der Waals surface area contributed by atoms with Crippen LogP contribution in [0, 0.1) is 18.3 Å². The van der Waals surface area contributed by atoms with Crippen molar-refractivity contribution in [3.05, 3.63) is 102 Å². The Morgan fingerprint density at radius 1 is 1.00 bits per heavy atom. The van der Waals surface area contributed by atoms with E-state index < -0.39 is 28.2 Å². The maximum Gasteiger partial charge on any atom is 0.243 e. The molecular weight excluding hydrogens is 434 g/mol. The van der Waals surface area contributed by atoms with Crippen molar-refractivity contribution in [2.75, 3.05) is 19.7 Å². The molecule has 7 heteroatoms. The second-order valence-electron chi connectivity index (χ2n) is 8.45. The SMILES string of the molecule is Cc1ccc(S(=O)(=O)N2C[C@@H](c3ccccc3)N(Cc3ccccc3)[C@@](C#N)(CO)C2)cc1. The highest BCUT2D eigenvalue weighted by atomic mass is 32.2. The van der Waals surface area contributed by atoms with E-state index in [0.717, 1.165) is 16.7 Å². The van der Waals surface area contributed by atoms with E-state index >= 15 is 0 Å². The van der Waals surface area contributed by atoms with Gasteiger partial charge in [0, 0.05) is 19.6 Å². The molecule has 1 heterocycles. The lowest BCUT2D eigenvalue weighted by atomic mass is 9.90. The number of piperazine rings is 1. The fourth-order valence-electron chi connectivity index (χ4n) is 4.36. The number of hydrogen-bond donors (Lipinski definition) is 1. The summed E-state index contributed by atoms with van der Waals surface area (Å²) in [5.74, 6) is 0. The molecule has 170 valence electrons. The Hall–Kier alpha value is -3.02. The molecule has 0 bridgehead atoms. The summed E-state index contributed by atoms with van der Waals surface area (Å²) >= 11 is 0. The number of nitrogens with zero attached hydrogens (tertiary/aromatic N) is 3. The topological polar surface area (TPSA) is 84.6 Å². The van der Waals surface area contributed by atoms with Gasteiger partial charge in [-0.1, -0.05) is 78.4 Å². The highest BCUT2D eigenvalue weighted by Gasteiger charge is 2.50. The highest BCUT2D eigenvalue weighted by Crippen LogP contribution is 2.38. The summed E-state index contributed by atoms with van der Waals surface area (Å²) in [4.78, 5) is 2.12. The first-order chi connectivity index (χ1) is 15.9. The predicted molar refractivity (Wildman–Crippen MR) is 127 cm³/mol. The number of nitriles is 1. The molecular formula is C26H27N3O3S. The molecule has 1 aliphatic rings. The van der Waals surface area contributed by atoms with Gasteiger partial charge in [0.2, 0.25) is 10.0 Å². The average molecular weight is 462 g/mol. The minimum absolute atomic E-state index is 0.119. The van der Waals surface area contributed by atoms with Crippen LogP contribution < -0.4 is 0 Å². The molecule has 3 aromatic carbocycles. The van der Waals surface area contributed by atoms with Crippen LogP contribution in [0.1, 0.15) is 22.7 Å². The van der Waals surface area contributed by atoms with Gasteiger partial charge >= 0.3 is 0 Å². The molecule has 0 aromatic heterocycles. The third kappa shape index (κ3) is 4.56. The van der Waals surface area contributed by atoms with E-state index in [-0.39, 0.29) is 18.0 Å². The predicted octanol–water partition coefficient (Wildman–Crippen LogP) is 3.50. The maximum absolute atomic E-state index is 13.6. The summed E-state index contributed by atoms with van der Waals surface area (Å²) in [5.41, 5.74) is 1.45. The van der Waals surface area contributed by atoms with Crippen LogP contribution >= 0.6 is 0 Å². The lowest BCUT2D eigenvalue weighted by molar-refractivity contribution is -0.0238. The molecule has 0 amide bonds. The van der Waals surface area contributed by atoms with E-state index in [9.17, 15) is 18.8 Å². The molecule has 2 atom stereocenters. The molecule has 0 saturated carbocycles. The smallest absolute Gasteiger partial charge is 0.243 e. The van der Waals surface area contributed by atoms with Crippen LogP contribution in [-0.2, 0) is 16.6 Å². The molecule has 1 aliphatic heterocycles. The van der Waals surface area contributed by atoms with Crippen LogP contribution in [0.25, 0.3) is 0 Å². The van der Waals surface area contributed by atoms with Crippen LogP contribution in [0.15, 0.2) is 89.8 Å². The van der Waals surface area contributed by atoms with Crippen molar-refractivity contribution in [3.63, 3.8) is 0 Å². The summed E-state index contributed by atoms with van der Waals surface area (Å²) in [5, 5.41) is 20.7. The Balaban J connectivity index is 1.80. The Morgan fingerprint density at radius 3 is 2.18 bits per heavy atom. The van der Waals surface area contributed by atoms with Gasteiger partial charge in [-0.2, -0.15) is 9.57 Å². The lowest BCUT2D eigenvalue weighted by Gasteiger charge is -2.50. The van der Waals surface area contributed by atoms with Gasteiger partial charge in [-0.05, 0) is 30.2 Å². The quantitative estimate of drug-likeness (QED) is 0.607. The molecule has 1 N–H and O–H groups in total. The zero-order valence-corrected chi connectivity index (χ0v) is 19.3. The van der Waals surface area contributed by atoms with Crippen molar-refractivity contribution >= 4 is 10.0 Å². The molecule has 33 heavy (non-hydrogen) atoms. The van der Waals surface area contributed by atoms with Gasteiger partial charge < -0.3 is 5.11 Å². The second kappa shape index (κ2) is 9.46. The summed E-state index contributed by atoms with van der Waals surface area (Å²) in [6, 6.07) is 27.8. The van der Waals surface area contributed by atoms with Gasteiger partial charge in [-0.3, -0.25) is 4.90 Å². The van der Waals surface area contributed by atoms with E-state index in [0.29, 0.717) is 6.54 Å². The summed E-state index contributed by atoms with van der Waals surface area (Å²) in [7, 11) is -3.86. The second-order valence-corrected chi connectivity index (χ2v) is 10.4. The van der Waals surface area contributed by atoms with Crippen molar-refractivity contribution in [1.29, 1.82) is 5.26 Å². The molecule has 0 aliphatic carbocycles. The first kappa shape index (κ1) is 23.1. The Morgan fingerprint density at radius 2 is 1.61 bits per heavy atom. The summed E-state index contributed by atoms with van der Waals surface area (Å²) < 4.78 is 28.5. The zero-order valence-electron chi connectivity index (χ0n) is 18.5. The molecule has 1 fully saturated rings. The first-order valence-electron chi connectivity index (χ1n) is 10.8. The highest BCUT2D eigenvalue weighted by molar-refractivity contribution is 7.89. The van der Waals surface area contributed by atoms with E-state index in [1.165, 1.54) is 4.31 Å². The minimum atomic E-state index is -3.86. The van der Waals surface area contributed by atoms with Crippen molar-refractivity contribution in [2.45, 2.75) is 29.9 Å². The Labute approximate surface area is 195 Å². The zero-order chi connectivity index (χ0) is 23.5. The van der Waals surface area contributed by atoms with Gasteiger partial charge in [-0.15, -0.1) is 0 Å². The van der Waals surface area contributed by atoms with Crippen LogP contribution in [0.5, 0.6) is 0 Å². The molecule has 4 rings (SSSR count). The Kier molecular flexibility index (Phi) is 6.63. The van der Waals surface area contributed by atoms with Gasteiger partial charge in [0.15, 0.2) is 0 Å². The maximum atomic E-state index is 13.6. The summed E-state index contributed by atoms with van der Waals surface area (Å²) in [6.45, 7) is 1.88. The largest absolute Gasteiger partial charge is 0.393 e. The monoisotopic (exact) mass is 461 g/mol. The average Bonchev–Trinajstić information content (AvgIpc) is 2.85. The van der Waals surface area contributed by atoms with Crippen LogP contribution in [0.3, 0.4) is 0 Å². The summed E-state index contributed by atoms with van der Waals surface area (Å²) in [6.07, 6.45) is 0. The number of sulfonamides is 1. The van der Waals surface area contributed by atoms with Gasteiger partial charge in [0.25, 0.3) is 0 Å². The number of aryl methyl sites for hydroxylation is 1. The minimum Gasteiger partial charge on any atom is -0.393 e. The van der Waals surface area contributed by atoms with E-state index in [2.05, 4.69) is 6.07 Å². The van der Waals surface area contributed by atoms with Crippen LogP contribution in [0.4, 0.5) is 0 Å². The van der Waals surface area contributed by atoms with Crippen LogP contribution in [-0.4, -0.2) is 48.0 Å². The fraction of sp³-hybridized carbons (Fsp3) is 0.269. The lowest BCUT2D eigenvalue weighted by Crippen LogP contribution is -2.64. The number of benzene rings is 3. The third-order valence-corrected chi connectivity index (χ3v) is 8.07. The van der Waals surface area contributed by atoms with Gasteiger partial charge in [0.1, 0.15) is 5.54 Å². The number of aliphatic hydroxyl groups is 1. The molecule has 0 radical (unpaired) electrons. The van der Waals surface area contributed by atoms with Crippen molar-refractivity contribution in [2.24, 2.45) is 0 Å². The van der Waals surface area contributed by atoms with Crippen LogP contribution in [0.2, 0.25) is 0 Å². The van der Waals surface area contributed by atoms with Crippen molar-refractivity contribution < 1.29 is 13.5 Å². The Bertz CT molecular complexity index is 1230. The third-order valence-electron chi connectivity index (χ3n) is 6.25. The molecule has 0 unspecified atom stereocenters. The molecule has 3 aromatic rings. The normalized spacial score (nSPS) is 22.0. The molecule has 6 nitrogen and oxygen atoms in total. The standard InChI is InChI=1S/C26H27N3O3S/c1-21-12-14-24(15-13-21)33(31,32)28-17-25(23-10-6-3-7-11-23)29(26(18-27,19-28)20-30)16-22-8-4-2-5-9-22/h2-15,25,30H,16-17,19-20H2,1H3/t25-,26+/m0/s1. The number of hydrogen-bond acceptors (Lipinski definition) is 5. The van der Waals surface area contributed by atoms with Gasteiger partial charge in [-0.25, -0.2) is 8.42 Å². The number of rotatable bonds is 6.